The molecule has 0 aliphatic carbocycles. The number of ketones is 1. The van der Waals surface area contributed by atoms with Crippen molar-refractivity contribution in [2.75, 3.05) is 6.61 Å². The molecule has 0 spiro atoms. The van der Waals surface area contributed by atoms with Gasteiger partial charge in [0.05, 0.1) is 6.61 Å². The molecule has 1 rings (SSSR count). The van der Waals surface area contributed by atoms with Gasteiger partial charge in [-0.05, 0) is 18.1 Å². The summed E-state index contributed by atoms with van der Waals surface area (Å²) in [6.07, 6.45) is 1.16. The number of hydrogen-bond donors (Lipinski definition) is 0. The van der Waals surface area contributed by atoms with Crippen LogP contribution in [0.2, 0.25) is 0 Å². The molecule has 0 atom stereocenters. The summed E-state index contributed by atoms with van der Waals surface area (Å²) in [6, 6.07) is 9.58. The van der Waals surface area contributed by atoms with Crippen molar-refractivity contribution in [1.29, 1.82) is 0 Å². The van der Waals surface area contributed by atoms with Crippen molar-refractivity contribution in [3.8, 4) is 5.75 Å². The molecule has 82 valence electrons. The van der Waals surface area contributed by atoms with Gasteiger partial charge in [0.25, 0.3) is 0 Å². The van der Waals surface area contributed by atoms with Crippen LogP contribution in [0.3, 0.4) is 0 Å². The molecule has 2 nitrogen and oxygen atoms in total. The van der Waals surface area contributed by atoms with Gasteiger partial charge in [-0.3, -0.25) is 4.79 Å². The summed E-state index contributed by atoms with van der Waals surface area (Å²) in [5.41, 5.74) is 0. The summed E-state index contributed by atoms with van der Waals surface area (Å²) in [5.74, 6) is 1.55. The fourth-order valence-electron chi connectivity index (χ4n) is 1.36. The summed E-state index contributed by atoms with van der Waals surface area (Å²) in [4.78, 5) is 11.4. The third-order valence-electron chi connectivity index (χ3n) is 2.03. The molecule has 0 aromatic heterocycles. The van der Waals surface area contributed by atoms with E-state index in [-0.39, 0.29) is 5.78 Å². The molecule has 1 aromatic rings. The van der Waals surface area contributed by atoms with E-state index >= 15 is 0 Å². The molecule has 1 aromatic carbocycles. The Bertz CT molecular complexity index is 291. The van der Waals surface area contributed by atoms with Crippen molar-refractivity contribution in [2.45, 2.75) is 26.7 Å². The van der Waals surface area contributed by atoms with Gasteiger partial charge in [0.2, 0.25) is 0 Å². The minimum absolute atomic E-state index is 0.279. The van der Waals surface area contributed by atoms with Crippen LogP contribution in [0.5, 0.6) is 5.75 Å². The number of carbonyl (C=O) groups is 1. The average Bonchev–Trinajstić information content (AvgIpc) is 2.18. The number of benzene rings is 1. The van der Waals surface area contributed by atoms with Crippen molar-refractivity contribution in [3.63, 3.8) is 0 Å². The van der Waals surface area contributed by atoms with E-state index in [1.165, 1.54) is 0 Å². The first kappa shape index (κ1) is 11.8. The largest absolute Gasteiger partial charge is 0.493 e. The molecular weight excluding hydrogens is 188 g/mol. The molecule has 0 saturated carbocycles. The SMILES string of the molecule is CC(C)CC(=O)CCOc1ccccc1. The maximum atomic E-state index is 11.4. The van der Waals surface area contributed by atoms with Gasteiger partial charge in [0, 0.05) is 12.8 Å². The lowest BCUT2D eigenvalue weighted by atomic mass is 10.1. The molecule has 15 heavy (non-hydrogen) atoms. The molecule has 0 aliphatic rings. The maximum Gasteiger partial charge on any atom is 0.136 e. The van der Waals surface area contributed by atoms with Gasteiger partial charge in [-0.25, -0.2) is 0 Å². The van der Waals surface area contributed by atoms with Gasteiger partial charge in [0.15, 0.2) is 0 Å². The molecule has 0 radical (unpaired) electrons. The highest BCUT2D eigenvalue weighted by molar-refractivity contribution is 5.78. The molecule has 0 bridgehead atoms. The van der Waals surface area contributed by atoms with Crippen molar-refractivity contribution in [3.05, 3.63) is 30.3 Å². The van der Waals surface area contributed by atoms with Gasteiger partial charge in [-0.15, -0.1) is 0 Å². The lowest BCUT2D eigenvalue weighted by Gasteiger charge is -2.06. The number of carbonyl (C=O) groups excluding carboxylic acids is 1. The summed E-state index contributed by atoms with van der Waals surface area (Å²) < 4.78 is 5.44. The van der Waals surface area contributed by atoms with Crippen molar-refractivity contribution in [2.24, 2.45) is 5.92 Å². The summed E-state index contributed by atoms with van der Waals surface area (Å²) in [7, 11) is 0. The van der Waals surface area contributed by atoms with Crippen LogP contribution >= 0.6 is 0 Å². The van der Waals surface area contributed by atoms with Crippen molar-refractivity contribution < 1.29 is 9.53 Å². The minimum atomic E-state index is 0.279. The molecule has 0 fully saturated rings. The third kappa shape index (κ3) is 5.21. The fourth-order valence-corrected chi connectivity index (χ4v) is 1.36. The van der Waals surface area contributed by atoms with Crippen molar-refractivity contribution >= 4 is 5.78 Å². The van der Waals surface area contributed by atoms with Crippen LogP contribution in [0.4, 0.5) is 0 Å². The van der Waals surface area contributed by atoms with E-state index in [9.17, 15) is 4.79 Å². The second-order valence-electron chi connectivity index (χ2n) is 4.05. The summed E-state index contributed by atoms with van der Waals surface area (Å²) in [6.45, 7) is 4.58. The zero-order valence-electron chi connectivity index (χ0n) is 9.40. The van der Waals surface area contributed by atoms with Crippen LogP contribution in [-0.4, -0.2) is 12.4 Å². The molecule has 0 aliphatic heterocycles. The van der Waals surface area contributed by atoms with Gasteiger partial charge < -0.3 is 4.74 Å². The van der Waals surface area contributed by atoms with Gasteiger partial charge in [-0.2, -0.15) is 0 Å². The first-order valence-electron chi connectivity index (χ1n) is 5.38. The fraction of sp³-hybridized carbons (Fsp3) is 0.462. The molecule has 2 heteroatoms. The third-order valence-corrected chi connectivity index (χ3v) is 2.03. The van der Waals surface area contributed by atoms with E-state index in [1.54, 1.807) is 0 Å². The van der Waals surface area contributed by atoms with Gasteiger partial charge >= 0.3 is 0 Å². The Labute approximate surface area is 91.3 Å². The van der Waals surface area contributed by atoms with E-state index < -0.39 is 0 Å². The highest BCUT2D eigenvalue weighted by Crippen LogP contribution is 2.09. The summed E-state index contributed by atoms with van der Waals surface area (Å²) >= 11 is 0. The van der Waals surface area contributed by atoms with E-state index in [4.69, 9.17) is 4.74 Å². The van der Waals surface area contributed by atoms with Crippen LogP contribution < -0.4 is 4.74 Å². The average molecular weight is 206 g/mol. The second kappa shape index (κ2) is 6.23. The standard InChI is InChI=1S/C13H18O2/c1-11(2)10-12(14)8-9-15-13-6-4-3-5-7-13/h3-7,11H,8-10H2,1-2H3. The monoisotopic (exact) mass is 206 g/mol. The predicted octanol–water partition coefficient (Wildman–Crippen LogP) is 3.07. The normalized spacial score (nSPS) is 10.3. The Kier molecular flexibility index (Phi) is 4.88. The lowest BCUT2D eigenvalue weighted by Crippen LogP contribution is -2.08. The van der Waals surface area contributed by atoms with E-state index in [0.717, 1.165) is 5.75 Å². The Hall–Kier alpha value is -1.31. The highest BCUT2D eigenvalue weighted by Gasteiger charge is 2.04. The van der Waals surface area contributed by atoms with Crippen LogP contribution in [-0.2, 0) is 4.79 Å². The molecule has 0 unspecified atom stereocenters. The van der Waals surface area contributed by atoms with Crippen LogP contribution in [0.1, 0.15) is 26.7 Å². The highest BCUT2D eigenvalue weighted by atomic mass is 16.5. The van der Waals surface area contributed by atoms with Crippen LogP contribution in [0.15, 0.2) is 30.3 Å². The van der Waals surface area contributed by atoms with E-state index in [1.807, 2.05) is 30.3 Å². The zero-order valence-corrected chi connectivity index (χ0v) is 9.40. The number of para-hydroxylation sites is 1. The Morgan fingerprint density at radius 3 is 2.53 bits per heavy atom. The second-order valence-corrected chi connectivity index (χ2v) is 4.05. The van der Waals surface area contributed by atoms with Crippen LogP contribution in [0.25, 0.3) is 0 Å². The first-order valence-corrected chi connectivity index (χ1v) is 5.38. The number of ether oxygens (including phenoxy) is 1. The van der Waals surface area contributed by atoms with Gasteiger partial charge in [0.1, 0.15) is 11.5 Å². The number of Topliss-reactive ketones (excluding diaryl/α,β-unsaturated/α-hetero) is 1. The quantitative estimate of drug-likeness (QED) is 0.715. The predicted molar refractivity (Wildman–Crippen MR) is 61.0 cm³/mol. The van der Waals surface area contributed by atoms with Crippen molar-refractivity contribution in [1.82, 2.24) is 0 Å². The zero-order chi connectivity index (χ0) is 11.1. The maximum absolute atomic E-state index is 11.4. The Morgan fingerprint density at radius 2 is 1.93 bits per heavy atom. The Morgan fingerprint density at radius 1 is 1.27 bits per heavy atom. The minimum Gasteiger partial charge on any atom is -0.493 e. The Balaban J connectivity index is 2.19. The smallest absolute Gasteiger partial charge is 0.136 e. The molecular formula is C13H18O2. The number of rotatable bonds is 6. The molecule has 0 saturated heterocycles. The lowest BCUT2D eigenvalue weighted by molar-refractivity contribution is -0.120. The van der Waals surface area contributed by atoms with E-state index in [2.05, 4.69) is 13.8 Å². The number of hydrogen-bond acceptors (Lipinski definition) is 2. The molecule has 0 heterocycles. The summed E-state index contributed by atoms with van der Waals surface area (Å²) in [5, 5.41) is 0. The first-order chi connectivity index (χ1) is 7.18. The van der Waals surface area contributed by atoms with Crippen LogP contribution in [0, 0.1) is 5.92 Å². The van der Waals surface area contributed by atoms with Gasteiger partial charge in [-0.1, -0.05) is 32.0 Å². The topological polar surface area (TPSA) is 26.3 Å². The molecule has 0 N–H and O–H groups in total. The molecule has 0 amide bonds. The van der Waals surface area contributed by atoms with E-state index in [0.29, 0.717) is 25.4 Å².